The Morgan fingerprint density at radius 1 is 1.42 bits per heavy atom. The van der Waals surface area contributed by atoms with Crippen LogP contribution in [0.1, 0.15) is 41.0 Å². The third-order valence-corrected chi connectivity index (χ3v) is 2.19. The molecule has 0 bridgehead atoms. The van der Waals surface area contributed by atoms with Crippen LogP contribution in [0.25, 0.3) is 0 Å². The lowest BCUT2D eigenvalue weighted by molar-refractivity contribution is -0.136. The van der Waals surface area contributed by atoms with Crippen molar-refractivity contribution in [3.05, 3.63) is 0 Å². The first kappa shape index (κ1) is 11.6. The summed E-state index contributed by atoms with van der Waals surface area (Å²) in [5, 5.41) is 9.61. The van der Waals surface area contributed by atoms with E-state index in [1.165, 1.54) is 0 Å². The minimum absolute atomic E-state index is 0.0285. The van der Waals surface area contributed by atoms with Crippen molar-refractivity contribution in [2.24, 2.45) is 11.3 Å². The third kappa shape index (κ3) is 2.94. The van der Waals surface area contributed by atoms with E-state index in [0.717, 1.165) is 6.42 Å². The Morgan fingerprint density at radius 3 is 2.08 bits per heavy atom. The molecule has 0 fully saturated rings. The predicted molar refractivity (Wildman–Crippen MR) is 49.9 cm³/mol. The van der Waals surface area contributed by atoms with E-state index >= 15 is 0 Å². The van der Waals surface area contributed by atoms with Gasteiger partial charge in [-0.15, -0.1) is 0 Å². The summed E-state index contributed by atoms with van der Waals surface area (Å²) in [6.07, 6.45) is -0.0288. The number of rotatable bonds is 3. The summed E-state index contributed by atoms with van der Waals surface area (Å²) in [6.45, 7) is 9.43. The second kappa shape index (κ2) is 4.04. The van der Waals surface area contributed by atoms with Gasteiger partial charge in [0.05, 0.1) is 0 Å². The highest BCUT2D eigenvalue weighted by molar-refractivity contribution is 5.85. The number of ketones is 1. The Hall–Kier alpha value is -0.370. The van der Waals surface area contributed by atoms with Crippen LogP contribution >= 0.6 is 0 Å². The monoisotopic (exact) mass is 172 g/mol. The normalized spacial score (nSPS) is 17.2. The molecular formula is C10H20O2. The standard InChI is InChI=1S/C10H20O2/c1-6-7(2)8(11)9(12)10(3,4)5/h7,9,12H,6H2,1-5H3/t7?,9-/m1/s1. The van der Waals surface area contributed by atoms with Gasteiger partial charge < -0.3 is 5.11 Å². The van der Waals surface area contributed by atoms with Crippen LogP contribution in [-0.4, -0.2) is 17.0 Å². The smallest absolute Gasteiger partial charge is 0.164 e. The van der Waals surface area contributed by atoms with E-state index < -0.39 is 6.10 Å². The zero-order valence-electron chi connectivity index (χ0n) is 8.72. The van der Waals surface area contributed by atoms with Crippen molar-refractivity contribution in [2.45, 2.75) is 47.1 Å². The van der Waals surface area contributed by atoms with Crippen LogP contribution in [0.15, 0.2) is 0 Å². The first-order chi connectivity index (χ1) is 5.30. The molecular weight excluding hydrogens is 152 g/mol. The van der Waals surface area contributed by atoms with Crippen molar-refractivity contribution in [1.82, 2.24) is 0 Å². The number of hydrogen-bond donors (Lipinski definition) is 1. The van der Waals surface area contributed by atoms with Crippen LogP contribution < -0.4 is 0 Å². The molecule has 0 saturated heterocycles. The Labute approximate surface area is 75.0 Å². The molecule has 2 nitrogen and oxygen atoms in total. The minimum atomic E-state index is -0.826. The molecule has 0 aliphatic heterocycles. The average molecular weight is 172 g/mol. The van der Waals surface area contributed by atoms with Crippen molar-refractivity contribution in [2.75, 3.05) is 0 Å². The van der Waals surface area contributed by atoms with Crippen LogP contribution in [0, 0.1) is 11.3 Å². The maximum atomic E-state index is 11.5. The average Bonchev–Trinajstić information content (AvgIpc) is 1.98. The highest BCUT2D eigenvalue weighted by Gasteiger charge is 2.30. The van der Waals surface area contributed by atoms with Crippen molar-refractivity contribution < 1.29 is 9.90 Å². The van der Waals surface area contributed by atoms with E-state index in [1.807, 2.05) is 34.6 Å². The highest BCUT2D eigenvalue weighted by atomic mass is 16.3. The molecule has 0 aromatic rings. The molecule has 0 rings (SSSR count). The first-order valence-electron chi connectivity index (χ1n) is 4.52. The second-order valence-corrected chi connectivity index (χ2v) is 4.48. The van der Waals surface area contributed by atoms with Crippen LogP contribution in [0.5, 0.6) is 0 Å². The van der Waals surface area contributed by atoms with Gasteiger partial charge in [-0.05, 0) is 11.8 Å². The number of aliphatic hydroxyl groups excluding tert-OH is 1. The summed E-state index contributed by atoms with van der Waals surface area (Å²) < 4.78 is 0. The second-order valence-electron chi connectivity index (χ2n) is 4.48. The fourth-order valence-corrected chi connectivity index (χ4v) is 0.897. The van der Waals surface area contributed by atoms with E-state index in [0.29, 0.717) is 0 Å². The summed E-state index contributed by atoms with van der Waals surface area (Å²) in [5.41, 5.74) is -0.333. The molecule has 0 aliphatic carbocycles. The van der Waals surface area contributed by atoms with E-state index in [-0.39, 0.29) is 17.1 Å². The molecule has 12 heavy (non-hydrogen) atoms. The molecule has 1 unspecified atom stereocenters. The zero-order chi connectivity index (χ0) is 9.94. The van der Waals surface area contributed by atoms with Crippen LogP contribution in [0.3, 0.4) is 0 Å². The summed E-state index contributed by atoms with van der Waals surface area (Å²) in [6, 6.07) is 0. The van der Waals surface area contributed by atoms with Crippen molar-refractivity contribution in [1.29, 1.82) is 0 Å². The van der Waals surface area contributed by atoms with E-state index in [2.05, 4.69) is 0 Å². The van der Waals surface area contributed by atoms with Gasteiger partial charge in [0, 0.05) is 5.92 Å². The topological polar surface area (TPSA) is 37.3 Å². The lowest BCUT2D eigenvalue weighted by atomic mass is 9.82. The lowest BCUT2D eigenvalue weighted by Gasteiger charge is -2.26. The minimum Gasteiger partial charge on any atom is -0.385 e. The molecule has 0 saturated carbocycles. The molecule has 72 valence electrons. The van der Waals surface area contributed by atoms with Gasteiger partial charge in [-0.2, -0.15) is 0 Å². The summed E-state index contributed by atoms with van der Waals surface area (Å²) in [7, 11) is 0. The molecule has 0 aliphatic rings. The first-order valence-corrected chi connectivity index (χ1v) is 4.52. The van der Waals surface area contributed by atoms with Gasteiger partial charge in [-0.25, -0.2) is 0 Å². The molecule has 0 heterocycles. The zero-order valence-corrected chi connectivity index (χ0v) is 8.72. The Kier molecular flexibility index (Phi) is 3.91. The predicted octanol–water partition coefficient (Wildman–Crippen LogP) is 2.01. The van der Waals surface area contributed by atoms with Gasteiger partial charge in [0.2, 0.25) is 0 Å². The van der Waals surface area contributed by atoms with Crippen LogP contribution in [-0.2, 0) is 4.79 Å². The van der Waals surface area contributed by atoms with Gasteiger partial charge in [0.25, 0.3) is 0 Å². The van der Waals surface area contributed by atoms with Crippen molar-refractivity contribution >= 4 is 5.78 Å². The maximum absolute atomic E-state index is 11.5. The Bertz CT molecular complexity index is 156. The van der Waals surface area contributed by atoms with Crippen LogP contribution in [0.2, 0.25) is 0 Å². The fourth-order valence-electron chi connectivity index (χ4n) is 0.897. The molecule has 2 atom stereocenters. The number of Topliss-reactive ketones (excluding diaryl/α,β-unsaturated/α-hetero) is 1. The third-order valence-electron chi connectivity index (χ3n) is 2.19. The molecule has 0 spiro atoms. The van der Waals surface area contributed by atoms with E-state index in [1.54, 1.807) is 0 Å². The SMILES string of the molecule is CCC(C)C(=O)[C@@H](O)C(C)(C)C. The summed E-state index contributed by atoms with van der Waals surface area (Å²) in [5.74, 6) is -0.0655. The van der Waals surface area contributed by atoms with E-state index in [9.17, 15) is 9.90 Å². The number of aliphatic hydroxyl groups is 1. The van der Waals surface area contributed by atoms with E-state index in [4.69, 9.17) is 0 Å². The summed E-state index contributed by atoms with van der Waals surface area (Å²) >= 11 is 0. The maximum Gasteiger partial charge on any atom is 0.164 e. The highest BCUT2D eigenvalue weighted by Crippen LogP contribution is 2.22. The van der Waals surface area contributed by atoms with Crippen molar-refractivity contribution in [3.8, 4) is 0 Å². The van der Waals surface area contributed by atoms with Crippen LogP contribution in [0.4, 0.5) is 0 Å². The molecule has 2 heteroatoms. The molecule has 0 radical (unpaired) electrons. The molecule has 1 N–H and O–H groups in total. The molecule has 0 aromatic heterocycles. The quantitative estimate of drug-likeness (QED) is 0.707. The van der Waals surface area contributed by atoms with Gasteiger partial charge in [-0.1, -0.05) is 34.6 Å². The van der Waals surface area contributed by atoms with Gasteiger partial charge >= 0.3 is 0 Å². The Morgan fingerprint density at radius 2 is 1.83 bits per heavy atom. The number of hydrogen-bond acceptors (Lipinski definition) is 2. The fraction of sp³-hybridized carbons (Fsp3) is 0.900. The number of carbonyl (C=O) groups excluding carboxylic acids is 1. The van der Waals surface area contributed by atoms with Gasteiger partial charge in [0.15, 0.2) is 5.78 Å². The van der Waals surface area contributed by atoms with Crippen molar-refractivity contribution in [3.63, 3.8) is 0 Å². The van der Waals surface area contributed by atoms with Gasteiger partial charge in [0.1, 0.15) is 6.10 Å². The molecule has 0 amide bonds. The Balaban J connectivity index is 4.30. The molecule has 0 aromatic carbocycles. The lowest BCUT2D eigenvalue weighted by Crippen LogP contribution is -2.37. The largest absolute Gasteiger partial charge is 0.385 e. The van der Waals surface area contributed by atoms with Gasteiger partial charge in [-0.3, -0.25) is 4.79 Å². The number of carbonyl (C=O) groups is 1. The summed E-state index contributed by atoms with van der Waals surface area (Å²) in [4.78, 5) is 11.5.